The van der Waals surface area contributed by atoms with Crippen LogP contribution in [0.2, 0.25) is 0 Å². The summed E-state index contributed by atoms with van der Waals surface area (Å²) in [6, 6.07) is -0.394. The van der Waals surface area contributed by atoms with Crippen LogP contribution in [0.25, 0.3) is 0 Å². The van der Waals surface area contributed by atoms with Crippen molar-refractivity contribution in [2.45, 2.75) is 39.2 Å². The number of aliphatic hydroxyl groups is 1. The van der Waals surface area contributed by atoms with Gasteiger partial charge in [0.2, 0.25) is 5.13 Å². The van der Waals surface area contributed by atoms with Gasteiger partial charge in [0, 0.05) is 30.1 Å². The zero-order valence-electron chi connectivity index (χ0n) is 10.2. The number of rotatable bonds is 5. The number of aromatic nitrogens is 2. The van der Waals surface area contributed by atoms with E-state index in [1.807, 2.05) is 20.8 Å². The van der Waals surface area contributed by atoms with Gasteiger partial charge in [-0.1, -0.05) is 13.8 Å². The van der Waals surface area contributed by atoms with Crippen molar-refractivity contribution in [3.8, 4) is 0 Å². The van der Waals surface area contributed by atoms with E-state index in [0.717, 1.165) is 17.4 Å². The van der Waals surface area contributed by atoms with Crippen LogP contribution in [0.4, 0.5) is 9.93 Å². The van der Waals surface area contributed by atoms with Crippen molar-refractivity contribution in [1.29, 1.82) is 0 Å². The average molecular weight is 258 g/mol. The number of amides is 2. The first-order valence-corrected chi connectivity index (χ1v) is 6.32. The van der Waals surface area contributed by atoms with Crippen LogP contribution < -0.4 is 10.6 Å². The van der Waals surface area contributed by atoms with E-state index in [9.17, 15) is 4.79 Å². The maximum atomic E-state index is 11.5. The van der Waals surface area contributed by atoms with E-state index < -0.39 is 0 Å². The summed E-state index contributed by atoms with van der Waals surface area (Å²) in [7, 11) is 0. The lowest BCUT2D eigenvalue weighted by atomic mass is 10.2. The highest BCUT2D eigenvalue weighted by atomic mass is 32.1. The predicted molar refractivity (Wildman–Crippen MR) is 67.3 cm³/mol. The summed E-state index contributed by atoms with van der Waals surface area (Å²) in [5, 5.41) is 14.5. The molecule has 1 rings (SSSR count). The molecule has 0 bridgehead atoms. The molecule has 0 saturated carbocycles. The molecular weight excluding hydrogens is 240 g/mol. The second-order valence-corrected chi connectivity index (χ2v) is 4.88. The van der Waals surface area contributed by atoms with Gasteiger partial charge in [0.1, 0.15) is 5.82 Å². The van der Waals surface area contributed by atoms with Gasteiger partial charge < -0.3 is 10.4 Å². The number of carbonyl (C=O) groups is 1. The molecule has 96 valence electrons. The first-order valence-electron chi connectivity index (χ1n) is 5.55. The topological polar surface area (TPSA) is 87.1 Å². The van der Waals surface area contributed by atoms with Crippen LogP contribution in [0.15, 0.2) is 0 Å². The highest BCUT2D eigenvalue weighted by Crippen LogP contribution is 2.16. The SMILES string of the molecule is CC(CCO)NC(=O)Nc1nc(C(C)C)ns1. The Hall–Kier alpha value is -1.21. The molecule has 1 heterocycles. The van der Waals surface area contributed by atoms with Gasteiger partial charge in [0.25, 0.3) is 0 Å². The molecule has 1 aromatic rings. The largest absolute Gasteiger partial charge is 0.396 e. The Labute approximate surface area is 105 Å². The van der Waals surface area contributed by atoms with Crippen LogP contribution in [-0.4, -0.2) is 33.1 Å². The van der Waals surface area contributed by atoms with Crippen LogP contribution in [0, 0.1) is 0 Å². The predicted octanol–water partition coefficient (Wildman–Crippen LogP) is 1.55. The molecule has 1 aromatic heterocycles. The number of carbonyl (C=O) groups excluding carboxylic acids is 1. The number of anilines is 1. The molecule has 1 atom stereocenters. The van der Waals surface area contributed by atoms with E-state index in [4.69, 9.17) is 5.11 Å². The first kappa shape index (κ1) is 13.9. The van der Waals surface area contributed by atoms with Gasteiger partial charge in [-0.15, -0.1) is 0 Å². The minimum Gasteiger partial charge on any atom is -0.396 e. The highest BCUT2D eigenvalue weighted by Gasteiger charge is 2.11. The maximum Gasteiger partial charge on any atom is 0.321 e. The molecule has 0 aromatic carbocycles. The summed E-state index contributed by atoms with van der Waals surface area (Å²) in [5.41, 5.74) is 0. The van der Waals surface area contributed by atoms with E-state index in [0.29, 0.717) is 11.6 Å². The van der Waals surface area contributed by atoms with Gasteiger partial charge in [0.15, 0.2) is 0 Å². The van der Waals surface area contributed by atoms with Crippen LogP contribution >= 0.6 is 11.5 Å². The fourth-order valence-electron chi connectivity index (χ4n) is 1.14. The Kier molecular flexibility index (Phi) is 5.30. The van der Waals surface area contributed by atoms with Crippen LogP contribution in [-0.2, 0) is 0 Å². The molecule has 0 spiro atoms. The summed E-state index contributed by atoms with van der Waals surface area (Å²) >= 11 is 1.16. The molecule has 0 radical (unpaired) electrons. The smallest absolute Gasteiger partial charge is 0.321 e. The number of hydrogen-bond acceptors (Lipinski definition) is 5. The number of nitrogens with zero attached hydrogens (tertiary/aromatic N) is 2. The van der Waals surface area contributed by atoms with E-state index >= 15 is 0 Å². The van der Waals surface area contributed by atoms with Gasteiger partial charge >= 0.3 is 6.03 Å². The molecule has 6 nitrogen and oxygen atoms in total. The van der Waals surface area contributed by atoms with Crippen LogP contribution in [0.3, 0.4) is 0 Å². The van der Waals surface area contributed by atoms with E-state index in [1.165, 1.54) is 0 Å². The Balaban J connectivity index is 2.44. The van der Waals surface area contributed by atoms with Crippen molar-refractivity contribution in [2.75, 3.05) is 11.9 Å². The standard InChI is InChI=1S/C10H18N4O2S/c1-6(2)8-12-10(17-14-8)13-9(16)11-7(3)4-5-15/h6-7,15H,4-5H2,1-3H3,(H2,11,12,13,14,16). The summed E-state index contributed by atoms with van der Waals surface area (Å²) in [5.74, 6) is 0.979. The third-order valence-electron chi connectivity index (χ3n) is 2.12. The molecule has 2 amide bonds. The van der Waals surface area contributed by atoms with Gasteiger partial charge in [-0.05, 0) is 13.3 Å². The fourth-order valence-corrected chi connectivity index (χ4v) is 1.85. The van der Waals surface area contributed by atoms with E-state index in [1.54, 1.807) is 0 Å². The fraction of sp³-hybridized carbons (Fsp3) is 0.700. The monoisotopic (exact) mass is 258 g/mol. The Morgan fingerprint density at radius 3 is 2.71 bits per heavy atom. The molecule has 0 aliphatic rings. The third-order valence-corrected chi connectivity index (χ3v) is 2.76. The Bertz CT molecular complexity index is 367. The number of aliphatic hydroxyl groups excluding tert-OH is 1. The lowest BCUT2D eigenvalue weighted by Crippen LogP contribution is -2.36. The van der Waals surface area contributed by atoms with Crippen molar-refractivity contribution < 1.29 is 9.90 Å². The molecular formula is C10H18N4O2S. The Morgan fingerprint density at radius 1 is 1.47 bits per heavy atom. The number of hydrogen-bond donors (Lipinski definition) is 3. The van der Waals surface area contributed by atoms with Gasteiger partial charge in [-0.25, -0.2) is 9.78 Å². The molecule has 17 heavy (non-hydrogen) atoms. The van der Waals surface area contributed by atoms with Crippen LogP contribution in [0.5, 0.6) is 0 Å². The van der Waals surface area contributed by atoms with E-state index in [2.05, 4.69) is 20.0 Å². The molecule has 0 saturated heterocycles. The lowest BCUT2D eigenvalue weighted by molar-refractivity contribution is 0.241. The van der Waals surface area contributed by atoms with Crippen molar-refractivity contribution >= 4 is 22.7 Å². The van der Waals surface area contributed by atoms with Gasteiger partial charge in [-0.2, -0.15) is 4.37 Å². The minimum atomic E-state index is -0.322. The van der Waals surface area contributed by atoms with Crippen molar-refractivity contribution in [2.24, 2.45) is 0 Å². The van der Waals surface area contributed by atoms with Gasteiger partial charge in [0.05, 0.1) is 0 Å². The second kappa shape index (κ2) is 6.51. The van der Waals surface area contributed by atoms with Crippen molar-refractivity contribution in [3.63, 3.8) is 0 Å². The molecule has 7 heteroatoms. The quantitative estimate of drug-likeness (QED) is 0.748. The molecule has 0 aliphatic carbocycles. The highest BCUT2D eigenvalue weighted by molar-refractivity contribution is 7.09. The molecule has 1 unspecified atom stereocenters. The molecule has 3 N–H and O–H groups in total. The zero-order chi connectivity index (χ0) is 12.8. The third kappa shape index (κ3) is 4.66. The minimum absolute atomic E-state index is 0.0533. The van der Waals surface area contributed by atoms with E-state index in [-0.39, 0.29) is 24.6 Å². The summed E-state index contributed by atoms with van der Waals surface area (Å²) in [6.07, 6.45) is 0.529. The summed E-state index contributed by atoms with van der Waals surface area (Å²) < 4.78 is 4.13. The van der Waals surface area contributed by atoms with Crippen molar-refractivity contribution in [1.82, 2.24) is 14.7 Å². The summed E-state index contributed by atoms with van der Waals surface area (Å²) in [4.78, 5) is 15.7. The van der Waals surface area contributed by atoms with Gasteiger partial charge in [-0.3, -0.25) is 5.32 Å². The summed E-state index contributed by atoms with van der Waals surface area (Å²) in [6.45, 7) is 5.87. The van der Waals surface area contributed by atoms with Crippen molar-refractivity contribution in [3.05, 3.63) is 5.82 Å². The number of nitrogens with one attached hydrogen (secondary N) is 2. The molecule has 0 aliphatic heterocycles. The first-order chi connectivity index (χ1) is 8.02. The van der Waals surface area contributed by atoms with Crippen LogP contribution in [0.1, 0.15) is 38.9 Å². The maximum absolute atomic E-state index is 11.5. The normalized spacial score (nSPS) is 12.5. The molecule has 0 fully saturated rings. The second-order valence-electron chi connectivity index (χ2n) is 4.12. The zero-order valence-corrected chi connectivity index (χ0v) is 11.0. The Morgan fingerprint density at radius 2 is 2.18 bits per heavy atom. The number of urea groups is 1. The lowest BCUT2D eigenvalue weighted by Gasteiger charge is -2.11. The average Bonchev–Trinajstić information content (AvgIpc) is 2.66.